The van der Waals surface area contributed by atoms with E-state index < -0.39 is 0 Å². The largest absolute Gasteiger partial charge is 0.355 e. The predicted molar refractivity (Wildman–Crippen MR) is 52.6 cm³/mol. The van der Waals surface area contributed by atoms with E-state index in [0.717, 1.165) is 19.0 Å². The summed E-state index contributed by atoms with van der Waals surface area (Å²) in [6.07, 6.45) is 2.74. The number of nitrogens with zero attached hydrogens (tertiary/aromatic N) is 1. The Hall–Kier alpha value is -0.120. The standard InChI is InChI=1S/C10H21NO2/c1-4-11(7-9-5-6-9)8-10(12-2)13-3/h9-10H,4-8H2,1-3H3. The first kappa shape index (κ1) is 11.0. The van der Waals surface area contributed by atoms with Crippen LogP contribution in [-0.2, 0) is 9.47 Å². The molecule has 0 N–H and O–H groups in total. The van der Waals surface area contributed by atoms with Crippen molar-refractivity contribution in [1.82, 2.24) is 4.90 Å². The van der Waals surface area contributed by atoms with E-state index in [1.54, 1.807) is 14.2 Å². The van der Waals surface area contributed by atoms with Crippen LogP contribution in [0.2, 0.25) is 0 Å². The van der Waals surface area contributed by atoms with Gasteiger partial charge in [0, 0.05) is 27.3 Å². The molecule has 13 heavy (non-hydrogen) atoms. The average Bonchev–Trinajstić information content (AvgIpc) is 2.95. The highest BCUT2D eigenvalue weighted by Gasteiger charge is 2.24. The molecule has 0 radical (unpaired) electrons. The van der Waals surface area contributed by atoms with Crippen molar-refractivity contribution in [1.29, 1.82) is 0 Å². The van der Waals surface area contributed by atoms with Crippen molar-refractivity contribution in [2.45, 2.75) is 26.1 Å². The maximum atomic E-state index is 5.17. The molecule has 0 unspecified atom stereocenters. The van der Waals surface area contributed by atoms with Gasteiger partial charge in [-0.2, -0.15) is 0 Å². The molecule has 0 atom stereocenters. The molecule has 1 fully saturated rings. The second kappa shape index (κ2) is 5.58. The van der Waals surface area contributed by atoms with Crippen LogP contribution in [0.4, 0.5) is 0 Å². The third-order valence-electron chi connectivity index (χ3n) is 2.59. The normalized spacial score (nSPS) is 17.3. The number of likely N-dealkylation sites (N-methyl/N-ethyl adjacent to an activating group) is 1. The Balaban J connectivity index is 2.19. The third kappa shape index (κ3) is 4.07. The number of hydrogen-bond donors (Lipinski definition) is 0. The van der Waals surface area contributed by atoms with Crippen molar-refractivity contribution in [2.24, 2.45) is 5.92 Å². The summed E-state index contributed by atoms with van der Waals surface area (Å²) < 4.78 is 10.3. The van der Waals surface area contributed by atoms with Gasteiger partial charge in [0.15, 0.2) is 6.29 Å². The van der Waals surface area contributed by atoms with Crippen molar-refractivity contribution in [2.75, 3.05) is 33.9 Å². The lowest BCUT2D eigenvalue weighted by molar-refractivity contribution is -0.116. The van der Waals surface area contributed by atoms with Crippen molar-refractivity contribution in [3.63, 3.8) is 0 Å². The van der Waals surface area contributed by atoms with E-state index in [9.17, 15) is 0 Å². The Labute approximate surface area is 81.0 Å². The molecule has 3 nitrogen and oxygen atoms in total. The van der Waals surface area contributed by atoms with Gasteiger partial charge in [0.2, 0.25) is 0 Å². The first-order valence-corrected chi connectivity index (χ1v) is 5.08. The second-order valence-electron chi connectivity index (χ2n) is 3.70. The average molecular weight is 187 g/mol. The van der Waals surface area contributed by atoms with Gasteiger partial charge in [-0.1, -0.05) is 6.92 Å². The van der Waals surface area contributed by atoms with E-state index in [0.29, 0.717) is 0 Å². The highest BCUT2D eigenvalue weighted by Crippen LogP contribution is 2.29. The van der Waals surface area contributed by atoms with Crippen molar-refractivity contribution in [3.8, 4) is 0 Å². The molecule has 0 aromatic rings. The lowest BCUT2D eigenvalue weighted by Crippen LogP contribution is -2.35. The SMILES string of the molecule is CCN(CC1CC1)CC(OC)OC. The monoisotopic (exact) mass is 187 g/mol. The summed E-state index contributed by atoms with van der Waals surface area (Å²) in [6.45, 7) is 5.37. The second-order valence-corrected chi connectivity index (χ2v) is 3.70. The Kier molecular flexibility index (Phi) is 4.70. The smallest absolute Gasteiger partial charge is 0.169 e. The zero-order valence-electron chi connectivity index (χ0n) is 8.95. The number of hydrogen-bond acceptors (Lipinski definition) is 3. The van der Waals surface area contributed by atoms with Crippen LogP contribution in [0.1, 0.15) is 19.8 Å². The maximum Gasteiger partial charge on any atom is 0.169 e. The van der Waals surface area contributed by atoms with E-state index in [-0.39, 0.29) is 6.29 Å². The highest BCUT2D eigenvalue weighted by molar-refractivity contribution is 4.77. The Morgan fingerprint density at radius 2 is 1.92 bits per heavy atom. The lowest BCUT2D eigenvalue weighted by atomic mass is 10.3. The molecule has 0 aliphatic heterocycles. The number of methoxy groups -OCH3 is 2. The fourth-order valence-corrected chi connectivity index (χ4v) is 1.45. The molecular formula is C10H21NO2. The fourth-order valence-electron chi connectivity index (χ4n) is 1.45. The van der Waals surface area contributed by atoms with E-state index in [1.165, 1.54) is 19.4 Å². The molecule has 3 heteroatoms. The molecule has 0 aromatic carbocycles. The molecule has 0 aromatic heterocycles. The van der Waals surface area contributed by atoms with Gasteiger partial charge in [0.1, 0.15) is 0 Å². The molecule has 1 aliphatic rings. The summed E-state index contributed by atoms with van der Waals surface area (Å²) in [5.74, 6) is 0.939. The number of ether oxygens (including phenoxy) is 2. The summed E-state index contributed by atoms with van der Waals surface area (Å²) in [5.41, 5.74) is 0. The van der Waals surface area contributed by atoms with Gasteiger partial charge < -0.3 is 9.47 Å². The third-order valence-corrected chi connectivity index (χ3v) is 2.59. The minimum Gasteiger partial charge on any atom is -0.355 e. The zero-order valence-corrected chi connectivity index (χ0v) is 8.95. The molecule has 0 bridgehead atoms. The highest BCUT2D eigenvalue weighted by atomic mass is 16.7. The molecule has 0 spiro atoms. The topological polar surface area (TPSA) is 21.7 Å². The van der Waals surface area contributed by atoms with Crippen molar-refractivity contribution >= 4 is 0 Å². The maximum absolute atomic E-state index is 5.17. The first-order valence-electron chi connectivity index (χ1n) is 5.08. The minimum absolute atomic E-state index is 0.0706. The predicted octanol–water partition coefficient (Wildman–Crippen LogP) is 1.34. The van der Waals surface area contributed by atoms with Gasteiger partial charge >= 0.3 is 0 Å². The van der Waals surface area contributed by atoms with Crippen LogP contribution in [0.5, 0.6) is 0 Å². The summed E-state index contributed by atoms with van der Waals surface area (Å²) in [7, 11) is 3.39. The lowest BCUT2D eigenvalue weighted by Gasteiger charge is -2.24. The van der Waals surface area contributed by atoms with Crippen LogP contribution >= 0.6 is 0 Å². The van der Waals surface area contributed by atoms with Crippen molar-refractivity contribution < 1.29 is 9.47 Å². The van der Waals surface area contributed by atoms with Crippen LogP contribution in [0, 0.1) is 5.92 Å². The summed E-state index contributed by atoms with van der Waals surface area (Å²) in [5, 5.41) is 0. The van der Waals surface area contributed by atoms with Gasteiger partial charge in [-0.25, -0.2) is 0 Å². The van der Waals surface area contributed by atoms with Gasteiger partial charge in [0.05, 0.1) is 0 Å². The minimum atomic E-state index is -0.0706. The van der Waals surface area contributed by atoms with Crippen LogP contribution in [0.15, 0.2) is 0 Å². The molecular weight excluding hydrogens is 166 g/mol. The summed E-state index contributed by atoms with van der Waals surface area (Å²) in [6, 6.07) is 0. The van der Waals surface area contributed by atoms with Gasteiger partial charge in [-0.3, -0.25) is 4.90 Å². The molecule has 0 amide bonds. The molecule has 1 saturated carbocycles. The van der Waals surface area contributed by atoms with Gasteiger partial charge in [-0.05, 0) is 25.3 Å². The summed E-state index contributed by atoms with van der Waals surface area (Å²) in [4.78, 5) is 2.40. The fraction of sp³-hybridized carbons (Fsp3) is 1.00. The quantitative estimate of drug-likeness (QED) is 0.561. The number of rotatable bonds is 7. The van der Waals surface area contributed by atoms with E-state index >= 15 is 0 Å². The van der Waals surface area contributed by atoms with E-state index in [1.807, 2.05) is 0 Å². The Morgan fingerprint density at radius 3 is 2.31 bits per heavy atom. The molecule has 1 rings (SSSR count). The first-order chi connectivity index (χ1) is 6.30. The van der Waals surface area contributed by atoms with Crippen LogP contribution in [-0.4, -0.2) is 45.0 Å². The van der Waals surface area contributed by atoms with Crippen LogP contribution in [0.3, 0.4) is 0 Å². The molecule has 1 aliphatic carbocycles. The van der Waals surface area contributed by atoms with E-state index in [2.05, 4.69) is 11.8 Å². The van der Waals surface area contributed by atoms with Gasteiger partial charge in [0.25, 0.3) is 0 Å². The van der Waals surface area contributed by atoms with Crippen LogP contribution < -0.4 is 0 Å². The van der Waals surface area contributed by atoms with E-state index in [4.69, 9.17) is 9.47 Å². The van der Waals surface area contributed by atoms with Gasteiger partial charge in [-0.15, -0.1) is 0 Å². The Morgan fingerprint density at radius 1 is 1.31 bits per heavy atom. The molecule has 0 saturated heterocycles. The molecule has 0 heterocycles. The molecule has 78 valence electrons. The summed E-state index contributed by atoms with van der Waals surface area (Å²) >= 11 is 0. The van der Waals surface area contributed by atoms with Crippen molar-refractivity contribution in [3.05, 3.63) is 0 Å². The Bertz CT molecular complexity index is 133. The van der Waals surface area contributed by atoms with Crippen LogP contribution in [0.25, 0.3) is 0 Å². The zero-order chi connectivity index (χ0) is 9.68.